The van der Waals surface area contributed by atoms with Crippen molar-refractivity contribution in [3.05, 3.63) is 59.4 Å². The van der Waals surface area contributed by atoms with Crippen LogP contribution in [0.3, 0.4) is 0 Å². The van der Waals surface area contributed by atoms with Crippen LogP contribution in [0.15, 0.2) is 47.4 Å². The van der Waals surface area contributed by atoms with E-state index >= 15 is 0 Å². The maximum atomic E-state index is 13.3. The fourth-order valence-corrected chi connectivity index (χ4v) is 3.56. The number of sulfonamides is 1. The van der Waals surface area contributed by atoms with Crippen LogP contribution >= 0.6 is 0 Å². The minimum Gasteiger partial charge on any atom is -0.350 e. The summed E-state index contributed by atoms with van der Waals surface area (Å²) in [6.07, 6.45) is 0. The van der Waals surface area contributed by atoms with Crippen LogP contribution < -0.4 is 15.4 Å². The molecule has 29 heavy (non-hydrogen) atoms. The lowest BCUT2D eigenvalue weighted by Crippen LogP contribution is -2.45. The van der Waals surface area contributed by atoms with Crippen LogP contribution in [0.4, 0.5) is 10.1 Å². The Morgan fingerprint density at radius 2 is 1.66 bits per heavy atom. The fraction of sp³-hybridized carbons (Fsp3) is 0.300. The van der Waals surface area contributed by atoms with Crippen LogP contribution in [0, 0.1) is 12.7 Å². The zero-order chi connectivity index (χ0) is 21.8. The van der Waals surface area contributed by atoms with Crippen molar-refractivity contribution in [2.45, 2.75) is 38.1 Å². The molecule has 0 aliphatic carbocycles. The van der Waals surface area contributed by atoms with Gasteiger partial charge in [0, 0.05) is 16.8 Å². The first-order chi connectivity index (χ1) is 13.4. The van der Waals surface area contributed by atoms with Crippen molar-refractivity contribution >= 4 is 27.5 Å². The Morgan fingerprint density at radius 3 is 2.21 bits per heavy atom. The molecule has 7 nitrogen and oxygen atoms in total. The molecule has 0 saturated heterocycles. The average Bonchev–Trinajstić information content (AvgIpc) is 2.60. The summed E-state index contributed by atoms with van der Waals surface area (Å²) in [5.41, 5.74) is 0.336. The fourth-order valence-electron chi connectivity index (χ4n) is 2.41. The molecule has 0 radical (unpaired) electrons. The van der Waals surface area contributed by atoms with Crippen LogP contribution in [0.1, 0.15) is 36.7 Å². The summed E-state index contributed by atoms with van der Waals surface area (Å²) in [6, 6.07) is 9.23. The van der Waals surface area contributed by atoms with Gasteiger partial charge in [0.2, 0.25) is 5.91 Å². The quantitative estimate of drug-likeness (QED) is 0.667. The summed E-state index contributed by atoms with van der Waals surface area (Å²) in [7, 11) is -3.89. The van der Waals surface area contributed by atoms with Crippen LogP contribution in [-0.2, 0) is 14.8 Å². The topological polar surface area (TPSA) is 104 Å². The van der Waals surface area contributed by atoms with E-state index in [1.54, 1.807) is 0 Å². The summed E-state index contributed by atoms with van der Waals surface area (Å²) in [6.45, 7) is 6.80. The molecule has 0 heterocycles. The first-order valence-electron chi connectivity index (χ1n) is 8.86. The maximum absolute atomic E-state index is 13.3. The van der Waals surface area contributed by atoms with Gasteiger partial charge in [-0.1, -0.05) is 0 Å². The molecule has 2 aromatic carbocycles. The Kier molecular flexibility index (Phi) is 6.63. The third kappa shape index (κ3) is 6.56. The van der Waals surface area contributed by atoms with E-state index in [0.717, 1.165) is 6.07 Å². The average molecular weight is 421 g/mol. The molecule has 0 aromatic heterocycles. The van der Waals surface area contributed by atoms with Crippen molar-refractivity contribution in [1.82, 2.24) is 10.6 Å². The van der Waals surface area contributed by atoms with Gasteiger partial charge < -0.3 is 10.6 Å². The lowest BCUT2D eigenvalue weighted by atomic mass is 10.1. The third-order valence-corrected chi connectivity index (χ3v) is 5.14. The number of hydrogen-bond acceptors (Lipinski definition) is 4. The first kappa shape index (κ1) is 22.4. The Hall–Kier alpha value is -2.94. The van der Waals surface area contributed by atoms with Crippen LogP contribution in [0.25, 0.3) is 0 Å². The number of amides is 2. The molecule has 0 bridgehead atoms. The number of rotatable bonds is 6. The van der Waals surface area contributed by atoms with Crippen molar-refractivity contribution < 1.29 is 22.4 Å². The number of halogens is 1. The standard InChI is InChI=1S/C20H24FN3O4S/c1-13-11-16(9-10-17(13)21)29(27,28)24-15-7-5-14(6-8-15)19(26)22-12-18(25)23-20(2,3)4/h5-11,24H,12H2,1-4H3,(H,22,26)(H,23,25). The summed E-state index contributed by atoms with van der Waals surface area (Å²) in [5.74, 6) is -1.27. The molecule has 156 valence electrons. The highest BCUT2D eigenvalue weighted by Gasteiger charge is 2.17. The van der Waals surface area contributed by atoms with E-state index in [2.05, 4.69) is 15.4 Å². The van der Waals surface area contributed by atoms with Crippen LogP contribution in [0.5, 0.6) is 0 Å². The summed E-state index contributed by atoms with van der Waals surface area (Å²) < 4.78 is 40.6. The molecule has 0 aliphatic heterocycles. The van der Waals surface area contributed by atoms with Gasteiger partial charge in [-0.05, 0) is 75.7 Å². The normalized spacial score (nSPS) is 11.6. The molecule has 2 amide bonds. The molecular formula is C20H24FN3O4S. The van der Waals surface area contributed by atoms with Gasteiger partial charge >= 0.3 is 0 Å². The van der Waals surface area contributed by atoms with Gasteiger partial charge in [-0.2, -0.15) is 0 Å². The molecule has 2 aromatic rings. The van der Waals surface area contributed by atoms with E-state index in [-0.39, 0.29) is 34.2 Å². The zero-order valence-electron chi connectivity index (χ0n) is 16.7. The highest BCUT2D eigenvalue weighted by molar-refractivity contribution is 7.92. The van der Waals surface area contributed by atoms with Gasteiger partial charge in [0.25, 0.3) is 15.9 Å². The van der Waals surface area contributed by atoms with Crippen molar-refractivity contribution in [2.75, 3.05) is 11.3 Å². The summed E-state index contributed by atoms with van der Waals surface area (Å²) >= 11 is 0. The molecule has 2 rings (SSSR count). The number of nitrogens with one attached hydrogen (secondary N) is 3. The second-order valence-corrected chi connectivity index (χ2v) is 9.26. The van der Waals surface area contributed by atoms with E-state index in [0.29, 0.717) is 0 Å². The molecule has 0 aliphatic rings. The summed E-state index contributed by atoms with van der Waals surface area (Å²) in [4.78, 5) is 23.8. The highest BCUT2D eigenvalue weighted by Crippen LogP contribution is 2.19. The first-order valence-corrected chi connectivity index (χ1v) is 10.3. The zero-order valence-corrected chi connectivity index (χ0v) is 17.5. The van der Waals surface area contributed by atoms with E-state index in [1.807, 2.05) is 20.8 Å². The number of benzene rings is 2. The maximum Gasteiger partial charge on any atom is 0.261 e. The van der Waals surface area contributed by atoms with Gasteiger partial charge in [-0.3, -0.25) is 14.3 Å². The van der Waals surface area contributed by atoms with E-state index in [1.165, 1.54) is 43.3 Å². The lowest BCUT2D eigenvalue weighted by Gasteiger charge is -2.20. The lowest BCUT2D eigenvalue weighted by molar-refractivity contribution is -0.121. The molecule has 3 N–H and O–H groups in total. The molecule has 9 heteroatoms. The second-order valence-electron chi connectivity index (χ2n) is 7.57. The van der Waals surface area contributed by atoms with Crippen molar-refractivity contribution in [2.24, 2.45) is 0 Å². The Balaban J connectivity index is 2.01. The monoisotopic (exact) mass is 421 g/mol. The molecular weight excluding hydrogens is 397 g/mol. The van der Waals surface area contributed by atoms with Crippen LogP contribution in [0.2, 0.25) is 0 Å². The van der Waals surface area contributed by atoms with Crippen molar-refractivity contribution in [3.63, 3.8) is 0 Å². The minimum atomic E-state index is -3.89. The molecule has 0 unspecified atom stereocenters. The number of hydrogen-bond donors (Lipinski definition) is 3. The number of carbonyl (C=O) groups is 2. The number of carbonyl (C=O) groups excluding carboxylic acids is 2. The van der Waals surface area contributed by atoms with Gasteiger partial charge in [0.15, 0.2) is 0 Å². The Labute approximate surface area is 169 Å². The molecule has 0 saturated carbocycles. The minimum absolute atomic E-state index is 0.0666. The van der Waals surface area contributed by atoms with Crippen LogP contribution in [-0.4, -0.2) is 32.3 Å². The van der Waals surface area contributed by atoms with Gasteiger partial charge in [-0.15, -0.1) is 0 Å². The number of aryl methyl sites for hydroxylation is 1. The predicted molar refractivity (Wildman–Crippen MR) is 109 cm³/mol. The van der Waals surface area contributed by atoms with Gasteiger partial charge in [-0.25, -0.2) is 12.8 Å². The van der Waals surface area contributed by atoms with Gasteiger partial charge in [0.05, 0.1) is 11.4 Å². The van der Waals surface area contributed by atoms with E-state index in [4.69, 9.17) is 0 Å². The van der Waals surface area contributed by atoms with Crippen molar-refractivity contribution in [3.8, 4) is 0 Å². The SMILES string of the molecule is Cc1cc(S(=O)(=O)Nc2ccc(C(=O)NCC(=O)NC(C)(C)C)cc2)ccc1F. The Bertz CT molecular complexity index is 1010. The molecule has 0 fully saturated rings. The predicted octanol–water partition coefficient (Wildman–Crippen LogP) is 2.58. The Morgan fingerprint density at radius 1 is 1.03 bits per heavy atom. The smallest absolute Gasteiger partial charge is 0.261 e. The second kappa shape index (κ2) is 8.60. The molecule has 0 spiro atoms. The van der Waals surface area contributed by atoms with E-state index in [9.17, 15) is 22.4 Å². The van der Waals surface area contributed by atoms with Gasteiger partial charge in [0.1, 0.15) is 5.82 Å². The van der Waals surface area contributed by atoms with Crippen molar-refractivity contribution in [1.29, 1.82) is 0 Å². The third-order valence-electron chi connectivity index (χ3n) is 3.76. The molecule has 0 atom stereocenters. The highest BCUT2D eigenvalue weighted by atomic mass is 32.2. The number of anilines is 1. The summed E-state index contributed by atoms with van der Waals surface area (Å²) in [5, 5.41) is 5.23. The largest absolute Gasteiger partial charge is 0.350 e. The van der Waals surface area contributed by atoms with E-state index < -0.39 is 27.3 Å².